The number of amides is 1. The molecule has 132 valence electrons. The van der Waals surface area contributed by atoms with Crippen LogP contribution in [0.4, 0.5) is 5.69 Å². The molecule has 0 unspecified atom stereocenters. The Morgan fingerprint density at radius 2 is 1.72 bits per heavy atom. The minimum atomic E-state index is -4.40. The molecule has 0 aliphatic carbocycles. The lowest BCUT2D eigenvalue weighted by molar-refractivity contribution is -0.131. The van der Waals surface area contributed by atoms with Crippen LogP contribution in [0.25, 0.3) is 0 Å². The van der Waals surface area contributed by atoms with Gasteiger partial charge in [0.25, 0.3) is 16.0 Å². The molecule has 0 fully saturated rings. The van der Waals surface area contributed by atoms with Gasteiger partial charge in [0.2, 0.25) is 0 Å². The van der Waals surface area contributed by atoms with Crippen LogP contribution in [0.2, 0.25) is 10.0 Å². The number of carbonyl (C=O) groups is 2. The van der Waals surface area contributed by atoms with E-state index in [9.17, 15) is 18.0 Å². The maximum atomic E-state index is 12.3. The Labute approximate surface area is 153 Å². The quantitative estimate of drug-likeness (QED) is 0.459. The average Bonchev–Trinajstić information content (AvgIpc) is 2.50. The highest BCUT2D eigenvalue weighted by Crippen LogP contribution is 2.34. The number of hydrogen-bond acceptors (Lipinski definition) is 5. The zero-order valence-corrected chi connectivity index (χ0v) is 14.9. The molecule has 0 saturated heterocycles. The second kappa shape index (κ2) is 7.40. The number of ether oxygens (including phenoxy) is 1. The molecule has 0 spiro atoms. The van der Waals surface area contributed by atoms with E-state index in [4.69, 9.17) is 32.5 Å². The van der Waals surface area contributed by atoms with E-state index < -0.39 is 22.0 Å². The van der Waals surface area contributed by atoms with Gasteiger partial charge in [-0.25, -0.2) is 0 Å². The molecule has 2 rings (SSSR count). The van der Waals surface area contributed by atoms with Crippen LogP contribution in [-0.2, 0) is 14.9 Å². The predicted molar refractivity (Wildman–Crippen MR) is 92.0 cm³/mol. The van der Waals surface area contributed by atoms with Crippen LogP contribution in [0, 0.1) is 0 Å². The molecule has 0 aliphatic rings. The minimum absolute atomic E-state index is 0.0421. The van der Waals surface area contributed by atoms with E-state index in [0.29, 0.717) is 0 Å². The van der Waals surface area contributed by atoms with Gasteiger partial charge in [-0.2, -0.15) is 8.42 Å². The van der Waals surface area contributed by atoms with Gasteiger partial charge in [0.15, 0.2) is 5.75 Å². The molecule has 0 bridgehead atoms. The highest BCUT2D eigenvalue weighted by molar-refractivity contribution is 7.85. The molecule has 1 amide bonds. The second-order valence-electron chi connectivity index (χ2n) is 4.82. The maximum Gasteiger partial charge on any atom is 0.308 e. The van der Waals surface area contributed by atoms with E-state index in [-0.39, 0.29) is 31.9 Å². The summed E-state index contributed by atoms with van der Waals surface area (Å²) in [6.45, 7) is 1.18. The number of anilines is 1. The summed E-state index contributed by atoms with van der Waals surface area (Å²) in [4.78, 5) is 22.9. The van der Waals surface area contributed by atoms with E-state index in [1.807, 2.05) is 0 Å². The highest BCUT2D eigenvalue weighted by Gasteiger charge is 2.16. The first-order valence-corrected chi connectivity index (χ1v) is 8.84. The first kappa shape index (κ1) is 19.2. The van der Waals surface area contributed by atoms with Crippen LogP contribution < -0.4 is 10.1 Å². The number of rotatable bonds is 4. The summed E-state index contributed by atoms with van der Waals surface area (Å²) < 4.78 is 36.1. The Kier molecular flexibility index (Phi) is 5.69. The van der Waals surface area contributed by atoms with E-state index in [1.54, 1.807) is 0 Å². The highest BCUT2D eigenvalue weighted by atomic mass is 35.5. The van der Waals surface area contributed by atoms with Crippen LogP contribution in [0.3, 0.4) is 0 Å². The molecule has 0 atom stereocenters. The van der Waals surface area contributed by atoms with Crippen molar-refractivity contribution in [2.45, 2.75) is 11.8 Å². The molecule has 0 aliphatic heterocycles. The van der Waals surface area contributed by atoms with Crippen LogP contribution >= 0.6 is 23.2 Å². The van der Waals surface area contributed by atoms with Gasteiger partial charge >= 0.3 is 5.97 Å². The van der Waals surface area contributed by atoms with Crippen LogP contribution in [0.15, 0.2) is 41.3 Å². The summed E-state index contributed by atoms with van der Waals surface area (Å²) in [5, 5.41) is 2.36. The summed E-state index contributed by atoms with van der Waals surface area (Å²) in [6, 6.07) is 7.53. The zero-order chi connectivity index (χ0) is 18.8. The van der Waals surface area contributed by atoms with Crippen molar-refractivity contribution in [2.75, 3.05) is 5.32 Å². The summed E-state index contributed by atoms with van der Waals surface area (Å²) >= 11 is 11.9. The smallest absolute Gasteiger partial charge is 0.308 e. The number of benzene rings is 2. The van der Waals surface area contributed by atoms with Gasteiger partial charge in [0, 0.05) is 18.2 Å². The third-order valence-electron chi connectivity index (χ3n) is 2.90. The fourth-order valence-corrected chi connectivity index (χ4v) is 2.96. The van der Waals surface area contributed by atoms with Crippen molar-refractivity contribution >= 4 is 50.9 Å². The van der Waals surface area contributed by atoms with Gasteiger partial charge in [0.05, 0.1) is 14.9 Å². The molecule has 2 aromatic carbocycles. The SMILES string of the molecule is CC(=O)Oc1c(Cl)cc(C(=O)Nc2cccc(S(=O)(=O)O)c2)cc1Cl. The summed E-state index contributed by atoms with van der Waals surface area (Å²) in [5.74, 6) is -1.32. The fourth-order valence-electron chi connectivity index (χ4n) is 1.87. The molecule has 0 saturated carbocycles. The van der Waals surface area contributed by atoms with Crippen molar-refractivity contribution < 1.29 is 27.3 Å². The fraction of sp³-hybridized carbons (Fsp3) is 0.0667. The number of carbonyl (C=O) groups excluding carboxylic acids is 2. The van der Waals surface area contributed by atoms with Gasteiger partial charge in [0.1, 0.15) is 0 Å². The third-order valence-corrected chi connectivity index (χ3v) is 4.31. The first-order valence-electron chi connectivity index (χ1n) is 6.64. The minimum Gasteiger partial charge on any atom is -0.424 e. The Balaban J connectivity index is 2.29. The van der Waals surface area contributed by atoms with Gasteiger partial charge in [-0.15, -0.1) is 0 Å². The van der Waals surface area contributed by atoms with Gasteiger partial charge < -0.3 is 10.1 Å². The van der Waals surface area contributed by atoms with E-state index in [1.165, 1.54) is 37.3 Å². The standard InChI is InChI=1S/C15H11Cl2NO6S/c1-8(19)24-14-12(16)5-9(6-13(14)17)15(20)18-10-3-2-4-11(7-10)25(21,22)23/h2-7H,1H3,(H,18,20)(H,21,22,23). The van der Waals surface area contributed by atoms with Crippen molar-refractivity contribution in [1.82, 2.24) is 0 Å². The predicted octanol–water partition coefficient (Wildman–Crippen LogP) is 3.42. The van der Waals surface area contributed by atoms with Crippen molar-refractivity contribution in [3.8, 4) is 5.75 Å². The first-order chi connectivity index (χ1) is 11.6. The molecule has 7 nitrogen and oxygen atoms in total. The largest absolute Gasteiger partial charge is 0.424 e. The molecule has 25 heavy (non-hydrogen) atoms. The molecule has 0 aromatic heterocycles. The monoisotopic (exact) mass is 403 g/mol. The summed E-state index contributed by atoms with van der Waals surface area (Å²) in [7, 11) is -4.40. The topological polar surface area (TPSA) is 110 Å². The van der Waals surface area contributed by atoms with E-state index in [2.05, 4.69) is 5.32 Å². The average molecular weight is 404 g/mol. The molecule has 0 radical (unpaired) electrons. The Morgan fingerprint density at radius 3 is 2.24 bits per heavy atom. The number of nitrogens with one attached hydrogen (secondary N) is 1. The lowest BCUT2D eigenvalue weighted by atomic mass is 10.2. The Hall–Kier alpha value is -2.13. The van der Waals surface area contributed by atoms with Crippen molar-refractivity contribution in [1.29, 1.82) is 0 Å². The van der Waals surface area contributed by atoms with Gasteiger partial charge in [-0.1, -0.05) is 29.3 Å². The van der Waals surface area contributed by atoms with Crippen LogP contribution in [-0.4, -0.2) is 24.8 Å². The zero-order valence-electron chi connectivity index (χ0n) is 12.6. The third kappa shape index (κ3) is 4.93. The van der Waals surface area contributed by atoms with E-state index >= 15 is 0 Å². The number of hydrogen-bond donors (Lipinski definition) is 2. The lowest BCUT2D eigenvalue weighted by Crippen LogP contribution is -2.13. The molecule has 0 heterocycles. The number of esters is 1. The van der Waals surface area contributed by atoms with Gasteiger partial charge in [-0.05, 0) is 30.3 Å². The Bertz CT molecular complexity index is 935. The maximum absolute atomic E-state index is 12.3. The number of halogens is 2. The van der Waals surface area contributed by atoms with Crippen LogP contribution in [0.5, 0.6) is 5.75 Å². The molecule has 2 N–H and O–H groups in total. The second-order valence-corrected chi connectivity index (χ2v) is 7.06. The summed E-state index contributed by atoms with van der Waals surface area (Å²) in [5.41, 5.74) is 0.194. The van der Waals surface area contributed by atoms with Crippen molar-refractivity contribution in [3.05, 3.63) is 52.0 Å². The lowest BCUT2D eigenvalue weighted by Gasteiger charge is -2.10. The molecule has 10 heteroatoms. The summed E-state index contributed by atoms with van der Waals surface area (Å²) in [6.07, 6.45) is 0. The van der Waals surface area contributed by atoms with Crippen molar-refractivity contribution in [3.63, 3.8) is 0 Å². The Morgan fingerprint density at radius 1 is 1.12 bits per heavy atom. The van der Waals surface area contributed by atoms with Gasteiger partial charge in [-0.3, -0.25) is 14.1 Å². The van der Waals surface area contributed by atoms with Crippen molar-refractivity contribution in [2.24, 2.45) is 0 Å². The van der Waals surface area contributed by atoms with Crippen LogP contribution in [0.1, 0.15) is 17.3 Å². The molecule has 2 aromatic rings. The molecular weight excluding hydrogens is 393 g/mol. The molecular formula is C15H11Cl2NO6S. The van der Waals surface area contributed by atoms with E-state index in [0.717, 1.165) is 6.07 Å². The normalized spacial score (nSPS) is 11.0.